The van der Waals surface area contributed by atoms with Crippen molar-refractivity contribution in [3.05, 3.63) is 48.5 Å². The molecule has 406 valence electrons. The quantitative estimate of drug-likeness (QED) is 0.0940. The maximum Gasteiger partial charge on any atom is 0.311 e. The highest BCUT2D eigenvalue weighted by atomic mass is 16.7. The molecule has 3 aliphatic heterocycles. The lowest BCUT2D eigenvalue weighted by Crippen LogP contribution is -2.59. The lowest BCUT2D eigenvalue weighted by Gasteiger charge is -2.48. The van der Waals surface area contributed by atoms with Gasteiger partial charge in [0.1, 0.15) is 29.7 Å². The van der Waals surface area contributed by atoms with Crippen LogP contribution in [0.4, 0.5) is 0 Å². The standard InChI is InChI=1S/C53H87N7O12/c1-14-43-53(10,65)47(61)36(6)59(12)30-32(2)26-51(8,64)49(34(4)46(35(5)50(63)70-43)71-45-27-52(9,66-13)48(62)37(7)69-45)72-44-25-41(24-33(3)68-44)58(11)22-20-40-31-60(57-56-40)21-15-23-67-42-18-16-38(17-19-42)39-28-54-55-29-39/h16-19,28-29,31-37,41,43-49,61-62,64-65H,14-15,20-27,30H2,1-13H3,(H,54,55)/t32-,33-,34+,35-,36-,37+,41+,43-,44+,45+,46+,47-,48+,49-,51-,52-,53-/m1/s1. The molecule has 0 radical (unpaired) electrons. The smallest absolute Gasteiger partial charge is 0.311 e. The van der Waals surface area contributed by atoms with Gasteiger partial charge in [-0.3, -0.25) is 14.6 Å². The van der Waals surface area contributed by atoms with Crippen molar-refractivity contribution in [2.24, 2.45) is 17.8 Å². The molecule has 3 aliphatic rings. The number of aliphatic hydroxyl groups is 4. The Bertz CT molecular complexity index is 2110. The third-order valence-corrected chi connectivity index (χ3v) is 15.8. The van der Waals surface area contributed by atoms with Gasteiger partial charge in [0, 0.05) is 88.4 Å². The molecule has 3 fully saturated rings. The predicted molar refractivity (Wildman–Crippen MR) is 270 cm³/mol. The maximum absolute atomic E-state index is 14.5. The van der Waals surface area contributed by atoms with Crippen molar-refractivity contribution >= 4 is 5.97 Å². The molecule has 5 N–H and O–H groups in total. The van der Waals surface area contributed by atoms with Crippen LogP contribution in [0, 0.1) is 17.8 Å². The Kier molecular flexibility index (Phi) is 19.9. The number of H-pyrrole nitrogens is 1. The van der Waals surface area contributed by atoms with Gasteiger partial charge in [0.2, 0.25) is 0 Å². The summed E-state index contributed by atoms with van der Waals surface area (Å²) in [6, 6.07) is 7.49. The number of aromatic nitrogens is 5. The first kappa shape index (κ1) is 57.7. The summed E-state index contributed by atoms with van der Waals surface area (Å²) in [5, 5.41) is 63.2. The van der Waals surface area contributed by atoms with E-state index in [1.807, 2.05) is 81.0 Å². The number of nitrogens with one attached hydrogen (secondary N) is 1. The molecule has 0 aliphatic carbocycles. The fourth-order valence-corrected chi connectivity index (χ4v) is 11.2. The highest BCUT2D eigenvalue weighted by Crippen LogP contribution is 2.40. The summed E-state index contributed by atoms with van der Waals surface area (Å²) < 4.78 is 46.6. The summed E-state index contributed by atoms with van der Waals surface area (Å²) in [7, 11) is 5.50. The highest BCUT2D eigenvalue weighted by molar-refractivity contribution is 5.73. The number of benzene rings is 1. The van der Waals surface area contributed by atoms with Crippen molar-refractivity contribution in [1.29, 1.82) is 0 Å². The summed E-state index contributed by atoms with van der Waals surface area (Å²) in [5.74, 6) is -1.65. The monoisotopic (exact) mass is 1010 g/mol. The van der Waals surface area contributed by atoms with Crippen molar-refractivity contribution < 1.29 is 58.4 Å². The van der Waals surface area contributed by atoms with E-state index in [2.05, 4.69) is 32.5 Å². The van der Waals surface area contributed by atoms with Crippen molar-refractivity contribution in [1.82, 2.24) is 35.0 Å². The predicted octanol–water partition coefficient (Wildman–Crippen LogP) is 4.99. The number of aromatic amines is 1. The molecular formula is C53H87N7O12. The SMILES string of the molecule is CC[C@H]1OC(=O)[C@H](C)[C@@H](O[C@H]2C[C@@](C)(OC)[C@@H](O)[C@H](C)O2)[C@H](C)[C@@H](O[C@H]2C[C@@H](N(C)CCc3cn(CCCOc4ccc(-c5cn[nH]c5)cc4)nn3)C[C@@H](C)O2)[C@](C)(O)C[C@@H](C)CN(C)[C@H](C)[C@@H](O)[C@]1(C)O. The number of rotatable bonds is 16. The third kappa shape index (κ3) is 14.2. The van der Waals surface area contributed by atoms with E-state index in [9.17, 15) is 25.2 Å². The molecule has 5 heterocycles. The number of aliphatic hydroxyl groups excluding tert-OH is 2. The van der Waals surface area contributed by atoms with Gasteiger partial charge in [-0.15, -0.1) is 5.10 Å². The van der Waals surface area contributed by atoms with Gasteiger partial charge < -0.3 is 63.4 Å². The summed E-state index contributed by atoms with van der Waals surface area (Å²) >= 11 is 0. The van der Waals surface area contributed by atoms with Gasteiger partial charge in [-0.25, -0.2) is 0 Å². The molecule has 72 heavy (non-hydrogen) atoms. The largest absolute Gasteiger partial charge is 0.494 e. The Balaban J connectivity index is 1.17. The van der Waals surface area contributed by atoms with Gasteiger partial charge in [-0.05, 0) is 105 Å². The first-order valence-corrected chi connectivity index (χ1v) is 26.2. The molecule has 19 nitrogen and oxygen atoms in total. The zero-order valence-corrected chi connectivity index (χ0v) is 45.1. The second kappa shape index (κ2) is 24.8. The second-order valence-corrected chi connectivity index (χ2v) is 22.0. The van der Waals surface area contributed by atoms with E-state index in [4.69, 9.17) is 33.2 Å². The van der Waals surface area contributed by atoms with E-state index in [-0.39, 0.29) is 37.3 Å². The van der Waals surface area contributed by atoms with E-state index in [1.165, 1.54) is 14.0 Å². The minimum atomic E-state index is -1.80. The Hall–Kier alpha value is -3.60. The highest BCUT2D eigenvalue weighted by Gasteiger charge is 2.52. The molecule has 0 unspecified atom stereocenters. The molecule has 1 aromatic carbocycles. The molecule has 17 atom stereocenters. The van der Waals surface area contributed by atoms with Crippen LogP contribution in [0.5, 0.6) is 5.75 Å². The molecule has 0 bridgehead atoms. The molecule has 19 heteroatoms. The van der Waals surface area contributed by atoms with Crippen molar-refractivity contribution in [3.8, 4) is 16.9 Å². The van der Waals surface area contributed by atoms with Crippen LogP contribution < -0.4 is 4.74 Å². The third-order valence-electron chi connectivity index (χ3n) is 15.8. The zero-order chi connectivity index (χ0) is 52.7. The number of aryl methyl sites for hydroxylation is 1. The van der Waals surface area contributed by atoms with Crippen LogP contribution in [0.25, 0.3) is 11.1 Å². The van der Waals surface area contributed by atoms with Crippen LogP contribution in [0.15, 0.2) is 42.9 Å². The fraction of sp³-hybridized carbons (Fsp3) is 0.774. The lowest BCUT2D eigenvalue weighted by atomic mass is 9.77. The van der Waals surface area contributed by atoms with Gasteiger partial charge in [0.25, 0.3) is 0 Å². The summed E-state index contributed by atoms with van der Waals surface area (Å²) in [6.07, 6.45) is 1.31. The Labute approximate surface area is 427 Å². The molecular weight excluding hydrogens is 927 g/mol. The number of nitrogens with zero attached hydrogens (tertiary/aromatic N) is 6. The van der Waals surface area contributed by atoms with Crippen molar-refractivity contribution in [3.63, 3.8) is 0 Å². The van der Waals surface area contributed by atoms with Crippen molar-refractivity contribution in [2.75, 3.05) is 40.9 Å². The average Bonchev–Trinajstić information content (AvgIpc) is 4.06. The Morgan fingerprint density at radius 3 is 2.33 bits per heavy atom. The number of ether oxygens (including phenoxy) is 7. The normalized spacial score (nSPS) is 38.0. The van der Waals surface area contributed by atoms with Crippen LogP contribution in [0.2, 0.25) is 0 Å². The number of hydrogen-bond acceptors (Lipinski definition) is 17. The average molecular weight is 1010 g/mol. The number of esters is 1. The van der Waals surface area contributed by atoms with E-state index in [0.717, 1.165) is 35.4 Å². The Morgan fingerprint density at radius 2 is 1.67 bits per heavy atom. The topological polar surface area (TPSA) is 228 Å². The van der Waals surface area contributed by atoms with E-state index < -0.39 is 89.9 Å². The van der Waals surface area contributed by atoms with Crippen LogP contribution in [0.1, 0.15) is 113 Å². The summed E-state index contributed by atoms with van der Waals surface area (Å²) in [5.41, 5.74) is -1.35. The first-order valence-electron chi connectivity index (χ1n) is 26.2. The van der Waals surface area contributed by atoms with E-state index in [1.54, 1.807) is 40.8 Å². The molecule has 6 rings (SSSR count). The molecule has 0 spiro atoms. The van der Waals surface area contributed by atoms with E-state index in [0.29, 0.717) is 39.1 Å². The number of carbonyl (C=O) groups is 1. The number of methoxy groups -OCH3 is 1. The lowest BCUT2D eigenvalue weighted by molar-refractivity contribution is -0.308. The van der Waals surface area contributed by atoms with Gasteiger partial charge >= 0.3 is 5.97 Å². The van der Waals surface area contributed by atoms with Crippen LogP contribution in [0.3, 0.4) is 0 Å². The van der Waals surface area contributed by atoms with Gasteiger partial charge in [0.05, 0.1) is 60.0 Å². The van der Waals surface area contributed by atoms with E-state index >= 15 is 0 Å². The fourth-order valence-electron chi connectivity index (χ4n) is 11.2. The second-order valence-electron chi connectivity index (χ2n) is 22.0. The molecule has 2 aromatic heterocycles. The number of cyclic esters (lactones) is 1. The first-order chi connectivity index (χ1) is 34.0. The maximum atomic E-state index is 14.5. The van der Waals surface area contributed by atoms with Gasteiger partial charge in [-0.1, -0.05) is 38.1 Å². The number of hydrogen-bond donors (Lipinski definition) is 5. The van der Waals surface area contributed by atoms with Crippen molar-refractivity contribution in [2.45, 2.75) is 205 Å². The minimum Gasteiger partial charge on any atom is -0.494 e. The van der Waals surface area contributed by atoms with Gasteiger partial charge in [0.15, 0.2) is 12.6 Å². The van der Waals surface area contributed by atoms with Crippen LogP contribution in [-0.4, -0.2) is 186 Å². The van der Waals surface area contributed by atoms with Crippen LogP contribution >= 0.6 is 0 Å². The van der Waals surface area contributed by atoms with Crippen LogP contribution in [-0.2, 0) is 46.2 Å². The number of likely N-dealkylation sites (N-methyl/N-ethyl adjacent to an activating group) is 2. The molecule has 0 saturated carbocycles. The minimum absolute atomic E-state index is 0.0673. The summed E-state index contributed by atoms with van der Waals surface area (Å²) in [4.78, 5) is 18.7. The molecule has 0 amide bonds. The molecule has 3 saturated heterocycles. The molecule has 3 aromatic rings. The number of carbonyl (C=O) groups excluding carboxylic acids is 1. The summed E-state index contributed by atoms with van der Waals surface area (Å²) in [6.45, 7) is 20.5. The zero-order valence-electron chi connectivity index (χ0n) is 45.1. The Morgan fingerprint density at radius 1 is 0.944 bits per heavy atom. The van der Waals surface area contributed by atoms with Gasteiger partial charge in [-0.2, -0.15) is 5.10 Å².